The smallest absolute Gasteiger partial charge is 0.143 e. The van der Waals surface area contributed by atoms with Crippen LogP contribution in [0.1, 0.15) is 44.9 Å². The number of aromatic nitrogens is 1. The first-order valence-electron chi connectivity index (χ1n) is 8.10. The third-order valence-corrected chi connectivity index (χ3v) is 4.70. The van der Waals surface area contributed by atoms with Crippen molar-refractivity contribution in [3.05, 3.63) is 41.6 Å². The van der Waals surface area contributed by atoms with Gasteiger partial charge in [0.25, 0.3) is 0 Å². The van der Waals surface area contributed by atoms with E-state index in [9.17, 15) is 0 Å². The zero-order valence-electron chi connectivity index (χ0n) is 13.9. The molecule has 3 nitrogen and oxygen atoms in total. The lowest BCUT2D eigenvalue weighted by Gasteiger charge is -2.25. The first-order valence-corrected chi connectivity index (χ1v) is 8.10. The molecular formula is C19H24N2O. The molecule has 0 spiro atoms. The fourth-order valence-electron chi connectivity index (χ4n) is 3.17. The molecule has 1 unspecified atom stereocenters. The van der Waals surface area contributed by atoms with Crippen LogP contribution in [-0.4, -0.2) is 16.8 Å². The molecule has 1 aromatic carbocycles. The number of benzene rings is 1. The van der Waals surface area contributed by atoms with Gasteiger partial charge in [0.15, 0.2) is 0 Å². The molecule has 22 heavy (non-hydrogen) atoms. The number of hydrogen-bond acceptors (Lipinski definition) is 3. The van der Waals surface area contributed by atoms with Crippen molar-refractivity contribution in [1.82, 2.24) is 4.98 Å². The van der Waals surface area contributed by atoms with Gasteiger partial charge in [-0.3, -0.25) is 4.98 Å². The summed E-state index contributed by atoms with van der Waals surface area (Å²) in [4.78, 5) is 10.5. The van der Waals surface area contributed by atoms with E-state index in [2.05, 4.69) is 57.1 Å². The second-order valence-corrected chi connectivity index (χ2v) is 6.76. The van der Waals surface area contributed by atoms with E-state index in [1.165, 1.54) is 16.7 Å². The van der Waals surface area contributed by atoms with E-state index in [4.69, 9.17) is 9.82 Å². The molecular weight excluding hydrogens is 272 g/mol. The Kier molecular flexibility index (Phi) is 3.90. The molecule has 116 valence electrons. The molecule has 3 rings (SSSR count). The second kappa shape index (κ2) is 5.71. The topological polar surface area (TPSA) is 34.5 Å². The average Bonchev–Trinajstić information content (AvgIpc) is 2.75. The van der Waals surface area contributed by atoms with E-state index in [0.717, 1.165) is 30.5 Å². The minimum absolute atomic E-state index is 0.0166. The molecule has 0 amide bonds. The van der Waals surface area contributed by atoms with Gasteiger partial charge in [0, 0.05) is 22.9 Å². The third kappa shape index (κ3) is 2.60. The highest BCUT2D eigenvalue weighted by atomic mass is 16.6. The maximum atomic E-state index is 5.74. The number of para-hydroxylation sites is 1. The van der Waals surface area contributed by atoms with Gasteiger partial charge in [-0.15, -0.1) is 0 Å². The van der Waals surface area contributed by atoms with Crippen LogP contribution in [0.5, 0.6) is 0 Å². The molecule has 0 N–H and O–H groups in total. The van der Waals surface area contributed by atoms with Crippen molar-refractivity contribution in [3.8, 4) is 0 Å². The molecule has 1 aliphatic rings. The van der Waals surface area contributed by atoms with Crippen LogP contribution >= 0.6 is 0 Å². The highest BCUT2D eigenvalue weighted by Gasteiger charge is 2.41. The zero-order valence-corrected chi connectivity index (χ0v) is 13.9. The number of pyridine rings is 1. The summed E-state index contributed by atoms with van der Waals surface area (Å²) in [5, 5.41) is 5.55. The first-order chi connectivity index (χ1) is 10.5. The molecule has 0 saturated carbocycles. The fourth-order valence-corrected chi connectivity index (χ4v) is 3.17. The van der Waals surface area contributed by atoms with Crippen LogP contribution in [0.25, 0.3) is 10.9 Å². The number of oxime groups is 1. The van der Waals surface area contributed by atoms with Gasteiger partial charge in [-0.05, 0) is 31.0 Å². The van der Waals surface area contributed by atoms with E-state index in [1.807, 2.05) is 6.07 Å². The van der Waals surface area contributed by atoms with E-state index in [1.54, 1.807) is 0 Å². The summed E-state index contributed by atoms with van der Waals surface area (Å²) in [5.74, 6) is 0. The molecule has 0 radical (unpaired) electrons. The standard InChI is InChI=1S/C19H24N2O/c1-5-8-17-19(3,4)18(22-21-17)12-14-11-13(2)15-9-6-7-10-16(15)20-14/h6-7,9-11,18H,5,8,12H2,1-4H3. The van der Waals surface area contributed by atoms with Crippen molar-refractivity contribution in [2.45, 2.75) is 53.1 Å². The van der Waals surface area contributed by atoms with Crippen molar-refractivity contribution in [2.24, 2.45) is 10.6 Å². The van der Waals surface area contributed by atoms with Crippen LogP contribution in [0.4, 0.5) is 0 Å². The van der Waals surface area contributed by atoms with Crippen LogP contribution in [0.15, 0.2) is 35.5 Å². The third-order valence-electron chi connectivity index (χ3n) is 4.70. The summed E-state index contributed by atoms with van der Waals surface area (Å²) >= 11 is 0. The van der Waals surface area contributed by atoms with Crippen LogP contribution in [0.3, 0.4) is 0 Å². The number of fused-ring (bicyclic) bond motifs is 1. The monoisotopic (exact) mass is 296 g/mol. The quantitative estimate of drug-likeness (QED) is 0.822. The first kappa shape index (κ1) is 15.0. The molecule has 1 aromatic heterocycles. The van der Waals surface area contributed by atoms with Crippen molar-refractivity contribution in [3.63, 3.8) is 0 Å². The predicted octanol–water partition coefficient (Wildman–Crippen LogP) is 4.67. The molecule has 0 saturated heterocycles. The van der Waals surface area contributed by atoms with Gasteiger partial charge >= 0.3 is 0 Å². The number of hydrogen-bond donors (Lipinski definition) is 0. The summed E-state index contributed by atoms with van der Waals surface area (Å²) in [6, 6.07) is 10.5. The van der Waals surface area contributed by atoms with Gasteiger partial charge in [-0.25, -0.2) is 0 Å². The average molecular weight is 296 g/mol. The lowest BCUT2D eigenvalue weighted by molar-refractivity contribution is 0.0364. The Bertz CT molecular complexity index is 718. The van der Waals surface area contributed by atoms with Crippen LogP contribution in [0, 0.1) is 12.3 Å². The second-order valence-electron chi connectivity index (χ2n) is 6.76. The maximum Gasteiger partial charge on any atom is 0.143 e. The Hall–Kier alpha value is -1.90. The largest absolute Gasteiger partial charge is 0.391 e. The summed E-state index contributed by atoms with van der Waals surface area (Å²) in [6.07, 6.45) is 2.98. The highest BCUT2D eigenvalue weighted by molar-refractivity contribution is 5.90. The normalized spacial score (nSPS) is 20.0. The predicted molar refractivity (Wildman–Crippen MR) is 91.2 cm³/mol. The lowest BCUT2D eigenvalue weighted by atomic mass is 9.78. The van der Waals surface area contributed by atoms with Gasteiger partial charge in [-0.1, -0.05) is 50.5 Å². The van der Waals surface area contributed by atoms with Crippen LogP contribution < -0.4 is 0 Å². The highest BCUT2D eigenvalue weighted by Crippen LogP contribution is 2.35. The van der Waals surface area contributed by atoms with Gasteiger partial charge in [0.2, 0.25) is 0 Å². The SMILES string of the molecule is CCCC1=NOC(Cc2cc(C)c3ccccc3n2)C1(C)C. The van der Waals surface area contributed by atoms with E-state index >= 15 is 0 Å². The van der Waals surface area contributed by atoms with Gasteiger partial charge in [-0.2, -0.15) is 0 Å². The molecule has 1 atom stereocenters. The Morgan fingerprint density at radius 3 is 2.77 bits per heavy atom. The van der Waals surface area contributed by atoms with Crippen LogP contribution in [-0.2, 0) is 11.3 Å². The lowest BCUT2D eigenvalue weighted by Crippen LogP contribution is -2.34. The van der Waals surface area contributed by atoms with E-state index in [0.29, 0.717) is 0 Å². The Balaban J connectivity index is 1.85. The summed E-state index contributed by atoms with van der Waals surface area (Å²) in [5.41, 5.74) is 4.57. The zero-order chi connectivity index (χ0) is 15.7. The molecule has 2 heterocycles. The van der Waals surface area contributed by atoms with Crippen molar-refractivity contribution >= 4 is 16.6 Å². The van der Waals surface area contributed by atoms with E-state index < -0.39 is 0 Å². The molecule has 1 aliphatic heterocycles. The molecule has 2 aromatic rings. The Labute approximate surface area is 132 Å². The fraction of sp³-hybridized carbons (Fsp3) is 0.474. The Morgan fingerprint density at radius 1 is 1.23 bits per heavy atom. The van der Waals surface area contributed by atoms with E-state index in [-0.39, 0.29) is 11.5 Å². The van der Waals surface area contributed by atoms with Crippen molar-refractivity contribution in [2.75, 3.05) is 0 Å². The molecule has 0 aliphatic carbocycles. The van der Waals surface area contributed by atoms with Crippen molar-refractivity contribution < 1.29 is 4.84 Å². The van der Waals surface area contributed by atoms with Gasteiger partial charge < -0.3 is 4.84 Å². The molecule has 3 heteroatoms. The van der Waals surface area contributed by atoms with Crippen molar-refractivity contribution in [1.29, 1.82) is 0 Å². The van der Waals surface area contributed by atoms with Gasteiger partial charge in [0.1, 0.15) is 6.10 Å². The number of nitrogens with zero attached hydrogens (tertiary/aromatic N) is 2. The molecule has 0 fully saturated rings. The Morgan fingerprint density at radius 2 is 2.00 bits per heavy atom. The minimum atomic E-state index is -0.0166. The summed E-state index contributed by atoms with van der Waals surface area (Å²) in [6.45, 7) is 8.79. The number of aryl methyl sites for hydroxylation is 1. The molecule has 0 bridgehead atoms. The maximum absolute atomic E-state index is 5.74. The summed E-state index contributed by atoms with van der Waals surface area (Å²) < 4.78 is 0. The van der Waals surface area contributed by atoms with Crippen LogP contribution in [0.2, 0.25) is 0 Å². The van der Waals surface area contributed by atoms with Gasteiger partial charge in [0.05, 0.1) is 11.2 Å². The number of rotatable bonds is 4. The summed E-state index contributed by atoms with van der Waals surface area (Å²) in [7, 11) is 0. The minimum Gasteiger partial charge on any atom is -0.391 e.